The van der Waals surface area contributed by atoms with Crippen LogP contribution in [-0.2, 0) is 4.79 Å². The van der Waals surface area contributed by atoms with Crippen molar-refractivity contribution in [3.8, 4) is 0 Å². The summed E-state index contributed by atoms with van der Waals surface area (Å²) in [6.45, 7) is 12.7. The molecule has 2 fully saturated rings. The van der Waals surface area contributed by atoms with Gasteiger partial charge in [-0.1, -0.05) is 13.8 Å². The van der Waals surface area contributed by atoms with Crippen LogP contribution in [0.15, 0.2) is 0 Å². The molecule has 0 aromatic rings. The molecule has 0 aromatic carbocycles. The lowest BCUT2D eigenvalue weighted by molar-refractivity contribution is -0.138. The van der Waals surface area contributed by atoms with Gasteiger partial charge in [-0.2, -0.15) is 0 Å². The molecule has 0 bridgehead atoms. The van der Waals surface area contributed by atoms with Crippen molar-refractivity contribution in [2.45, 2.75) is 59.4 Å². The number of nitrogens with zero attached hydrogens (tertiary/aromatic N) is 2. The molecule has 3 nitrogen and oxygen atoms in total. The molecule has 0 unspecified atom stereocenters. The fourth-order valence-corrected chi connectivity index (χ4v) is 3.84. The third-order valence-electron chi connectivity index (χ3n) is 5.31. The van der Waals surface area contributed by atoms with Crippen molar-refractivity contribution in [2.24, 2.45) is 17.8 Å². The zero-order chi connectivity index (χ0) is 14.7. The van der Waals surface area contributed by atoms with Crippen LogP contribution in [0, 0.1) is 17.8 Å². The minimum absolute atomic E-state index is 0.321. The second kappa shape index (κ2) is 6.93. The highest BCUT2D eigenvalue weighted by Crippen LogP contribution is 2.33. The van der Waals surface area contributed by atoms with Crippen LogP contribution >= 0.6 is 0 Å². The molecule has 1 saturated carbocycles. The van der Waals surface area contributed by atoms with Gasteiger partial charge in [0, 0.05) is 25.7 Å². The molecule has 1 amide bonds. The molecule has 0 N–H and O–H groups in total. The van der Waals surface area contributed by atoms with Crippen molar-refractivity contribution in [1.82, 2.24) is 9.80 Å². The van der Waals surface area contributed by atoms with Gasteiger partial charge in [-0.25, -0.2) is 0 Å². The van der Waals surface area contributed by atoms with Crippen LogP contribution in [0.3, 0.4) is 0 Å². The third-order valence-corrected chi connectivity index (χ3v) is 5.31. The SMILES string of the molecule is CC(C)C1CCC(CN2CCN(C(C)C)C(=O)C2)CC1. The van der Waals surface area contributed by atoms with E-state index in [-0.39, 0.29) is 0 Å². The van der Waals surface area contributed by atoms with E-state index < -0.39 is 0 Å². The number of piperazine rings is 1. The van der Waals surface area contributed by atoms with E-state index in [2.05, 4.69) is 32.6 Å². The highest BCUT2D eigenvalue weighted by atomic mass is 16.2. The van der Waals surface area contributed by atoms with Crippen LogP contribution in [0.4, 0.5) is 0 Å². The summed E-state index contributed by atoms with van der Waals surface area (Å²) >= 11 is 0. The van der Waals surface area contributed by atoms with Crippen molar-refractivity contribution in [3.05, 3.63) is 0 Å². The Morgan fingerprint density at radius 2 is 1.70 bits per heavy atom. The lowest BCUT2D eigenvalue weighted by atomic mass is 9.77. The average molecular weight is 280 g/mol. The zero-order valence-corrected chi connectivity index (χ0v) is 13.8. The Morgan fingerprint density at radius 1 is 1.05 bits per heavy atom. The lowest BCUT2D eigenvalue weighted by Crippen LogP contribution is -2.53. The normalized spacial score (nSPS) is 29.5. The van der Waals surface area contributed by atoms with Gasteiger partial charge in [0.15, 0.2) is 0 Å². The number of amides is 1. The van der Waals surface area contributed by atoms with E-state index >= 15 is 0 Å². The van der Waals surface area contributed by atoms with Crippen LogP contribution in [0.2, 0.25) is 0 Å². The highest BCUT2D eigenvalue weighted by molar-refractivity contribution is 5.79. The van der Waals surface area contributed by atoms with Gasteiger partial charge in [-0.15, -0.1) is 0 Å². The first-order valence-corrected chi connectivity index (χ1v) is 8.49. The summed E-state index contributed by atoms with van der Waals surface area (Å²) < 4.78 is 0. The highest BCUT2D eigenvalue weighted by Gasteiger charge is 2.29. The fraction of sp³-hybridized carbons (Fsp3) is 0.941. The smallest absolute Gasteiger partial charge is 0.237 e. The molecule has 2 rings (SSSR count). The summed E-state index contributed by atoms with van der Waals surface area (Å²) in [5, 5.41) is 0. The Hall–Kier alpha value is -0.570. The predicted octanol–water partition coefficient (Wildman–Crippen LogP) is 3.00. The molecule has 0 spiro atoms. The van der Waals surface area contributed by atoms with Gasteiger partial charge >= 0.3 is 0 Å². The molecule has 0 atom stereocenters. The Kier molecular flexibility index (Phi) is 5.48. The Labute approximate surface area is 124 Å². The number of rotatable bonds is 4. The maximum atomic E-state index is 12.1. The molecule has 1 heterocycles. The van der Waals surface area contributed by atoms with E-state index in [0.717, 1.165) is 37.4 Å². The van der Waals surface area contributed by atoms with Crippen molar-refractivity contribution in [1.29, 1.82) is 0 Å². The summed E-state index contributed by atoms with van der Waals surface area (Å²) in [6.07, 6.45) is 5.51. The van der Waals surface area contributed by atoms with E-state index in [9.17, 15) is 4.79 Å². The molecule has 1 aliphatic carbocycles. The van der Waals surface area contributed by atoms with Gasteiger partial charge in [0.2, 0.25) is 5.91 Å². The number of carbonyl (C=O) groups excluding carboxylic acids is 1. The van der Waals surface area contributed by atoms with Crippen LogP contribution in [0.5, 0.6) is 0 Å². The van der Waals surface area contributed by atoms with Gasteiger partial charge in [0.05, 0.1) is 6.54 Å². The average Bonchev–Trinajstić information content (AvgIpc) is 2.39. The molecular weight excluding hydrogens is 248 g/mol. The second-order valence-electron chi connectivity index (χ2n) is 7.44. The summed E-state index contributed by atoms with van der Waals surface area (Å²) in [7, 11) is 0. The van der Waals surface area contributed by atoms with Gasteiger partial charge in [0.25, 0.3) is 0 Å². The number of hydrogen-bond donors (Lipinski definition) is 0. The van der Waals surface area contributed by atoms with Crippen molar-refractivity contribution >= 4 is 5.91 Å². The number of carbonyl (C=O) groups is 1. The molecule has 2 aliphatic rings. The van der Waals surface area contributed by atoms with E-state index in [4.69, 9.17) is 0 Å². The van der Waals surface area contributed by atoms with Crippen molar-refractivity contribution in [2.75, 3.05) is 26.2 Å². The van der Waals surface area contributed by atoms with Crippen LogP contribution < -0.4 is 0 Å². The summed E-state index contributed by atoms with van der Waals surface area (Å²) in [5.41, 5.74) is 0. The number of hydrogen-bond acceptors (Lipinski definition) is 2. The maximum absolute atomic E-state index is 12.1. The summed E-state index contributed by atoms with van der Waals surface area (Å²) in [6, 6.07) is 0.353. The first-order valence-electron chi connectivity index (χ1n) is 8.49. The standard InChI is InChI=1S/C17H32N2O/c1-13(2)16-7-5-15(6-8-16)11-18-9-10-19(14(3)4)17(20)12-18/h13-16H,5-12H2,1-4H3. The van der Waals surface area contributed by atoms with Crippen LogP contribution in [-0.4, -0.2) is 47.9 Å². The Morgan fingerprint density at radius 3 is 2.20 bits per heavy atom. The fourth-order valence-electron chi connectivity index (χ4n) is 3.84. The molecule has 0 aromatic heterocycles. The molecule has 0 radical (unpaired) electrons. The monoisotopic (exact) mass is 280 g/mol. The molecule has 20 heavy (non-hydrogen) atoms. The second-order valence-corrected chi connectivity index (χ2v) is 7.44. The predicted molar refractivity (Wildman–Crippen MR) is 83.6 cm³/mol. The third kappa shape index (κ3) is 3.97. The van der Waals surface area contributed by atoms with Gasteiger partial charge in [0.1, 0.15) is 0 Å². The first kappa shape index (κ1) is 15.8. The van der Waals surface area contributed by atoms with Gasteiger partial charge < -0.3 is 4.90 Å². The summed E-state index contributed by atoms with van der Waals surface area (Å²) in [5.74, 6) is 2.92. The Balaban J connectivity index is 1.75. The topological polar surface area (TPSA) is 23.6 Å². The maximum Gasteiger partial charge on any atom is 0.237 e. The largest absolute Gasteiger partial charge is 0.338 e. The minimum Gasteiger partial charge on any atom is -0.338 e. The van der Waals surface area contributed by atoms with Gasteiger partial charge in [-0.3, -0.25) is 9.69 Å². The minimum atomic E-state index is 0.321. The van der Waals surface area contributed by atoms with Crippen LogP contribution in [0.25, 0.3) is 0 Å². The van der Waals surface area contributed by atoms with E-state index in [0.29, 0.717) is 18.5 Å². The van der Waals surface area contributed by atoms with Crippen LogP contribution in [0.1, 0.15) is 53.4 Å². The zero-order valence-electron chi connectivity index (χ0n) is 13.8. The van der Waals surface area contributed by atoms with Crippen molar-refractivity contribution < 1.29 is 4.79 Å². The molecule has 1 aliphatic heterocycles. The molecule has 1 saturated heterocycles. The molecular formula is C17H32N2O. The van der Waals surface area contributed by atoms with E-state index in [1.807, 2.05) is 4.90 Å². The first-order chi connectivity index (χ1) is 9.47. The van der Waals surface area contributed by atoms with E-state index in [1.165, 1.54) is 25.7 Å². The van der Waals surface area contributed by atoms with E-state index in [1.54, 1.807) is 0 Å². The van der Waals surface area contributed by atoms with Crippen molar-refractivity contribution in [3.63, 3.8) is 0 Å². The lowest BCUT2D eigenvalue weighted by Gasteiger charge is -2.39. The quantitative estimate of drug-likeness (QED) is 0.790. The molecule has 116 valence electrons. The molecule has 3 heteroatoms. The van der Waals surface area contributed by atoms with Gasteiger partial charge in [-0.05, 0) is 57.3 Å². The Bertz CT molecular complexity index is 319. The summed E-state index contributed by atoms with van der Waals surface area (Å²) in [4.78, 5) is 16.5.